The van der Waals surface area contributed by atoms with Crippen LogP contribution < -0.4 is 5.32 Å². The fourth-order valence-electron chi connectivity index (χ4n) is 2.97. The van der Waals surface area contributed by atoms with Crippen LogP contribution in [0.2, 0.25) is 5.02 Å². The van der Waals surface area contributed by atoms with Gasteiger partial charge < -0.3 is 15.3 Å². The van der Waals surface area contributed by atoms with Crippen LogP contribution in [-0.4, -0.2) is 22.0 Å². The summed E-state index contributed by atoms with van der Waals surface area (Å²) in [5.74, 6) is 0.140. The maximum absolute atomic E-state index is 12.8. The molecule has 1 aliphatic carbocycles. The Bertz CT molecular complexity index is 758. The van der Waals surface area contributed by atoms with E-state index in [-0.39, 0.29) is 17.7 Å². The molecule has 1 fully saturated rings. The zero-order valence-corrected chi connectivity index (χ0v) is 12.5. The third-order valence-electron chi connectivity index (χ3n) is 4.19. The molecule has 5 heteroatoms. The van der Waals surface area contributed by atoms with Crippen molar-refractivity contribution in [2.75, 3.05) is 5.32 Å². The Morgan fingerprint density at radius 1 is 1.18 bits per heavy atom. The van der Waals surface area contributed by atoms with Crippen molar-refractivity contribution < 1.29 is 9.90 Å². The van der Waals surface area contributed by atoms with E-state index in [4.69, 9.17) is 11.6 Å². The Labute approximate surface area is 133 Å². The average Bonchev–Trinajstić information content (AvgIpc) is 3.34. The van der Waals surface area contributed by atoms with Gasteiger partial charge in [0.05, 0.1) is 5.56 Å². The number of nitrogens with zero attached hydrogens (tertiary/aromatic N) is 1. The van der Waals surface area contributed by atoms with Gasteiger partial charge in [-0.3, -0.25) is 4.79 Å². The van der Waals surface area contributed by atoms with Crippen molar-refractivity contribution in [3.63, 3.8) is 0 Å². The number of carbonyl (C=O) groups excluding carboxylic acids is 1. The molecule has 4 nitrogen and oxygen atoms in total. The van der Waals surface area contributed by atoms with Crippen molar-refractivity contribution >= 4 is 23.2 Å². The highest BCUT2D eigenvalue weighted by Gasteiger charge is 2.42. The number of rotatable bonds is 2. The van der Waals surface area contributed by atoms with Crippen LogP contribution >= 0.6 is 11.6 Å². The van der Waals surface area contributed by atoms with Gasteiger partial charge >= 0.3 is 0 Å². The zero-order chi connectivity index (χ0) is 15.3. The summed E-state index contributed by atoms with van der Waals surface area (Å²) in [6, 6.07) is 12.6. The number of amides is 1. The van der Waals surface area contributed by atoms with Crippen LogP contribution in [0.3, 0.4) is 0 Å². The van der Waals surface area contributed by atoms with Crippen LogP contribution in [0, 0.1) is 0 Å². The van der Waals surface area contributed by atoms with Crippen LogP contribution in [0.5, 0.6) is 5.75 Å². The lowest BCUT2D eigenvalue weighted by atomic mass is 10.0. The van der Waals surface area contributed by atoms with Gasteiger partial charge in [-0.15, -0.1) is 0 Å². The van der Waals surface area contributed by atoms with Crippen LogP contribution in [0.25, 0.3) is 0 Å². The van der Waals surface area contributed by atoms with Gasteiger partial charge in [0.15, 0.2) is 0 Å². The smallest absolute Gasteiger partial charge is 0.258 e. The fourth-order valence-corrected chi connectivity index (χ4v) is 3.15. The maximum atomic E-state index is 12.8. The van der Waals surface area contributed by atoms with Crippen molar-refractivity contribution in [1.82, 2.24) is 4.90 Å². The molecular formula is C17H15ClN2O2. The first-order valence-corrected chi connectivity index (χ1v) is 7.69. The molecule has 0 radical (unpaired) electrons. The number of nitrogens with one attached hydrogen (secondary N) is 1. The number of hydrogen-bond acceptors (Lipinski definition) is 3. The van der Waals surface area contributed by atoms with E-state index in [0.29, 0.717) is 16.1 Å². The number of anilines is 1. The molecule has 1 aliphatic heterocycles. The summed E-state index contributed by atoms with van der Waals surface area (Å²) in [6.07, 6.45) is 1.59. The number of phenolic OH excluding ortho intramolecular Hbond substituents is 1. The quantitative estimate of drug-likeness (QED) is 0.887. The number of halogens is 1. The molecule has 4 rings (SSSR count). The molecule has 0 spiro atoms. The van der Waals surface area contributed by atoms with Crippen molar-refractivity contribution in [2.24, 2.45) is 0 Å². The van der Waals surface area contributed by atoms with E-state index in [2.05, 4.69) is 5.32 Å². The molecule has 112 valence electrons. The Morgan fingerprint density at radius 2 is 1.95 bits per heavy atom. The Morgan fingerprint density at radius 3 is 2.73 bits per heavy atom. The average molecular weight is 315 g/mol. The van der Waals surface area contributed by atoms with Gasteiger partial charge in [0.2, 0.25) is 0 Å². The monoisotopic (exact) mass is 314 g/mol. The summed E-state index contributed by atoms with van der Waals surface area (Å²) in [4.78, 5) is 14.7. The number of phenols is 1. The number of fused-ring (bicyclic) bond motifs is 1. The van der Waals surface area contributed by atoms with Gasteiger partial charge in [0, 0.05) is 22.3 Å². The van der Waals surface area contributed by atoms with Crippen LogP contribution in [0.4, 0.5) is 5.69 Å². The second-order valence-electron chi connectivity index (χ2n) is 5.74. The van der Waals surface area contributed by atoms with Crippen molar-refractivity contribution in [1.29, 1.82) is 0 Å². The topological polar surface area (TPSA) is 52.6 Å². The Balaban J connectivity index is 1.84. The van der Waals surface area contributed by atoms with Crippen molar-refractivity contribution in [3.8, 4) is 5.75 Å². The molecule has 1 atom stereocenters. The summed E-state index contributed by atoms with van der Waals surface area (Å²) < 4.78 is 0. The number of carbonyl (C=O) groups is 1. The minimum atomic E-state index is -0.395. The Kier molecular flexibility index (Phi) is 3.01. The first-order chi connectivity index (χ1) is 10.6. The summed E-state index contributed by atoms with van der Waals surface area (Å²) in [6.45, 7) is 0. The molecule has 2 aliphatic rings. The highest BCUT2D eigenvalue weighted by atomic mass is 35.5. The highest BCUT2D eigenvalue weighted by Crippen LogP contribution is 2.43. The number of hydrogen-bond donors (Lipinski definition) is 2. The minimum absolute atomic E-state index is 0.00113. The van der Waals surface area contributed by atoms with E-state index in [0.717, 1.165) is 18.5 Å². The van der Waals surface area contributed by atoms with E-state index >= 15 is 0 Å². The van der Waals surface area contributed by atoms with Gasteiger partial charge in [-0.05, 0) is 43.2 Å². The second kappa shape index (κ2) is 4.92. The van der Waals surface area contributed by atoms with E-state index in [1.165, 1.54) is 0 Å². The van der Waals surface area contributed by atoms with Gasteiger partial charge in [-0.1, -0.05) is 23.7 Å². The number of aromatic hydroxyl groups is 1. The maximum Gasteiger partial charge on any atom is 0.258 e. The van der Waals surface area contributed by atoms with Gasteiger partial charge in [-0.25, -0.2) is 0 Å². The molecule has 1 saturated carbocycles. The normalized spacial score (nSPS) is 20.5. The number of para-hydroxylation sites is 1. The fraction of sp³-hybridized carbons (Fsp3) is 0.235. The van der Waals surface area contributed by atoms with Crippen molar-refractivity contribution in [2.45, 2.75) is 25.0 Å². The summed E-state index contributed by atoms with van der Waals surface area (Å²) in [7, 11) is 0. The SMILES string of the molecule is O=C1c2ccccc2N[C@H](c2cc(Cl)ccc2O)N1C1CC1. The van der Waals surface area contributed by atoms with Crippen molar-refractivity contribution in [3.05, 3.63) is 58.6 Å². The predicted molar refractivity (Wildman–Crippen MR) is 85.1 cm³/mol. The molecule has 0 bridgehead atoms. The highest BCUT2D eigenvalue weighted by molar-refractivity contribution is 6.30. The molecule has 22 heavy (non-hydrogen) atoms. The van der Waals surface area contributed by atoms with E-state index in [9.17, 15) is 9.90 Å². The summed E-state index contributed by atoms with van der Waals surface area (Å²) >= 11 is 6.07. The van der Waals surface area contributed by atoms with Gasteiger partial charge in [-0.2, -0.15) is 0 Å². The molecule has 1 amide bonds. The predicted octanol–water partition coefficient (Wildman–Crippen LogP) is 3.77. The number of benzene rings is 2. The summed E-state index contributed by atoms with van der Waals surface area (Å²) in [5.41, 5.74) is 2.09. The van der Waals surface area contributed by atoms with Gasteiger partial charge in [0.25, 0.3) is 5.91 Å². The van der Waals surface area contributed by atoms with E-state index < -0.39 is 6.17 Å². The molecular weight excluding hydrogens is 300 g/mol. The lowest BCUT2D eigenvalue weighted by Crippen LogP contribution is -2.44. The largest absolute Gasteiger partial charge is 0.508 e. The van der Waals surface area contributed by atoms with E-state index in [1.54, 1.807) is 18.2 Å². The molecule has 0 unspecified atom stereocenters. The third kappa shape index (κ3) is 2.11. The molecule has 1 heterocycles. The lowest BCUT2D eigenvalue weighted by Gasteiger charge is -2.38. The van der Waals surface area contributed by atoms with Crippen LogP contribution in [0.1, 0.15) is 34.9 Å². The lowest BCUT2D eigenvalue weighted by molar-refractivity contribution is 0.0664. The standard InChI is InChI=1S/C17H15ClN2O2/c18-10-5-8-15(21)13(9-10)16-19-14-4-2-1-3-12(14)17(22)20(16)11-6-7-11/h1-5,8-9,11,16,19,21H,6-7H2/t16-/m0/s1. The first kappa shape index (κ1) is 13.5. The molecule has 0 saturated heterocycles. The Hall–Kier alpha value is -2.20. The molecule has 2 N–H and O–H groups in total. The van der Waals surface area contributed by atoms with Crippen LogP contribution in [0.15, 0.2) is 42.5 Å². The molecule has 2 aromatic rings. The molecule has 2 aromatic carbocycles. The molecule has 0 aromatic heterocycles. The van der Waals surface area contributed by atoms with E-state index in [1.807, 2.05) is 29.2 Å². The minimum Gasteiger partial charge on any atom is -0.508 e. The van der Waals surface area contributed by atoms with Gasteiger partial charge in [0.1, 0.15) is 11.9 Å². The van der Waals surface area contributed by atoms with Crippen LogP contribution in [-0.2, 0) is 0 Å². The zero-order valence-electron chi connectivity index (χ0n) is 11.8. The third-order valence-corrected chi connectivity index (χ3v) is 4.42. The second-order valence-corrected chi connectivity index (χ2v) is 6.18. The summed E-state index contributed by atoms with van der Waals surface area (Å²) in [5, 5.41) is 14.1. The first-order valence-electron chi connectivity index (χ1n) is 7.32.